The smallest absolute Gasteiger partial charge is 0.243 e. The van der Waals surface area contributed by atoms with E-state index in [1.54, 1.807) is 12.1 Å². The Morgan fingerprint density at radius 2 is 1.69 bits per heavy atom. The third-order valence-corrected chi connectivity index (χ3v) is 6.28. The molecule has 0 N–H and O–H groups in total. The molecule has 26 heavy (non-hydrogen) atoms. The van der Waals surface area contributed by atoms with Crippen LogP contribution in [0.2, 0.25) is 0 Å². The molecule has 1 fully saturated rings. The second-order valence-corrected chi connectivity index (χ2v) is 8.18. The number of piperidine rings is 1. The van der Waals surface area contributed by atoms with Gasteiger partial charge in [0.15, 0.2) is 5.78 Å². The van der Waals surface area contributed by atoms with E-state index in [-0.39, 0.29) is 16.5 Å². The lowest BCUT2D eigenvalue weighted by Crippen LogP contribution is -2.35. The predicted molar refractivity (Wildman–Crippen MR) is 98.8 cm³/mol. The van der Waals surface area contributed by atoms with Gasteiger partial charge in [0, 0.05) is 18.7 Å². The molecule has 0 atom stereocenters. The highest BCUT2D eigenvalue weighted by atomic mass is 32.2. The number of halogens is 1. The number of hydrogen-bond acceptors (Lipinski definition) is 3. The number of allylic oxidation sites excluding steroid dienone is 1. The molecule has 1 aliphatic heterocycles. The maximum Gasteiger partial charge on any atom is 0.243 e. The highest BCUT2D eigenvalue weighted by molar-refractivity contribution is 7.89. The minimum Gasteiger partial charge on any atom is -0.289 e. The van der Waals surface area contributed by atoms with Crippen LogP contribution in [0.25, 0.3) is 6.08 Å². The van der Waals surface area contributed by atoms with Crippen molar-refractivity contribution in [2.24, 2.45) is 0 Å². The number of ketones is 1. The van der Waals surface area contributed by atoms with Gasteiger partial charge in [-0.3, -0.25) is 4.79 Å². The van der Waals surface area contributed by atoms with Gasteiger partial charge < -0.3 is 0 Å². The molecule has 0 spiro atoms. The summed E-state index contributed by atoms with van der Waals surface area (Å²) in [6.07, 6.45) is 5.69. The van der Waals surface area contributed by atoms with E-state index in [1.807, 2.05) is 0 Å². The minimum absolute atomic E-state index is 0.199. The standard InChI is InChI=1S/C20H20FNO3S/c21-18-6-4-5-16(15-18)7-12-20(23)17-8-10-19(11-9-17)26(24,25)22-13-2-1-3-14-22/h4-12,15H,1-3,13-14H2. The maximum atomic E-state index is 13.1. The first-order valence-corrected chi connectivity index (χ1v) is 9.99. The third kappa shape index (κ3) is 4.26. The number of benzene rings is 2. The Morgan fingerprint density at radius 1 is 1.00 bits per heavy atom. The van der Waals surface area contributed by atoms with Gasteiger partial charge in [-0.05, 0) is 60.9 Å². The average Bonchev–Trinajstić information content (AvgIpc) is 2.67. The van der Waals surface area contributed by atoms with Gasteiger partial charge in [-0.2, -0.15) is 4.31 Å². The Morgan fingerprint density at radius 3 is 2.35 bits per heavy atom. The number of nitrogens with zero attached hydrogens (tertiary/aromatic N) is 1. The van der Waals surface area contributed by atoms with Crippen LogP contribution >= 0.6 is 0 Å². The molecule has 1 aliphatic rings. The summed E-state index contributed by atoms with van der Waals surface area (Å²) in [7, 11) is -3.50. The summed E-state index contributed by atoms with van der Waals surface area (Å²) in [5.74, 6) is -0.636. The minimum atomic E-state index is -3.50. The Bertz CT molecular complexity index is 914. The van der Waals surface area contributed by atoms with Crippen molar-refractivity contribution >= 4 is 21.9 Å². The van der Waals surface area contributed by atoms with Gasteiger partial charge in [-0.15, -0.1) is 0 Å². The third-order valence-electron chi connectivity index (χ3n) is 4.37. The molecular formula is C20H20FNO3S. The zero-order valence-corrected chi connectivity index (χ0v) is 15.1. The van der Waals surface area contributed by atoms with E-state index in [0.29, 0.717) is 24.2 Å². The van der Waals surface area contributed by atoms with E-state index in [1.165, 1.54) is 52.9 Å². The maximum absolute atomic E-state index is 13.1. The Hall–Kier alpha value is -2.31. The summed E-state index contributed by atoms with van der Waals surface area (Å²) in [6.45, 7) is 1.08. The lowest BCUT2D eigenvalue weighted by atomic mass is 10.1. The van der Waals surface area contributed by atoms with Crippen LogP contribution in [0.4, 0.5) is 4.39 Å². The van der Waals surface area contributed by atoms with Crippen LogP contribution in [0.15, 0.2) is 59.5 Å². The molecular weight excluding hydrogens is 353 g/mol. The van der Waals surface area contributed by atoms with E-state index in [9.17, 15) is 17.6 Å². The molecule has 1 saturated heterocycles. The summed E-state index contributed by atoms with van der Waals surface area (Å²) in [4.78, 5) is 12.4. The summed E-state index contributed by atoms with van der Waals surface area (Å²) in [5, 5.41) is 0. The molecule has 4 nitrogen and oxygen atoms in total. The molecule has 0 unspecified atom stereocenters. The Balaban J connectivity index is 1.73. The van der Waals surface area contributed by atoms with Gasteiger partial charge in [0.2, 0.25) is 10.0 Å². The highest BCUT2D eigenvalue weighted by Gasteiger charge is 2.25. The van der Waals surface area contributed by atoms with Crippen molar-refractivity contribution < 1.29 is 17.6 Å². The van der Waals surface area contributed by atoms with Crippen LogP contribution in [0.3, 0.4) is 0 Å². The summed E-state index contributed by atoms with van der Waals surface area (Å²) in [6, 6.07) is 11.9. The van der Waals surface area contributed by atoms with Gasteiger partial charge in [-0.1, -0.05) is 24.6 Å². The second kappa shape index (κ2) is 7.93. The van der Waals surface area contributed by atoms with Crippen molar-refractivity contribution in [2.45, 2.75) is 24.2 Å². The average molecular weight is 373 g/mol. The SMILES string of the molecule is O=C(C=Cc1cccc(F)c1)c1ccc(S(=O)(=O)N2CCCCC2)cc1. The van der Waals surface area contributed by atoms with Crippen LogP contribution in [-0.4, -0.2) is 31.6 Å². The van der Waals surface area contributed by atoms with Crippen molar-refractivity contribution in [3.8, 4) is 0 Å². The van der Waals surface area contributed by atoms with Gasteiger partial charge in [0.05, 0.1) is 4.90 Å². The highest BCUT2D eigenvalue weighted by Crippen LogP contribution is 2.21. The molecule has 0 radical (unpaired) electrons. The molecule has 0 amide bonds. The van der Waals surface area contributed by atoms with Crippen molar-refractivity contribution in [3.63, 3.8) is 0 Å². The number of carbonyl (C=O) groups excluding carboxylic acids is 1. The quantitative estimate of drug-likeness (QED) is 0.590. The van der Waals surface area contributed by atoms with Crippen molar-refractivity contribution in [2.75, 3.05) is 13.1 Å². The number of hydrogen-bond donors (Lipinski definition) is 0. The fourth-order valence-electron chi connectivity index (χ4n) is 2.92. The predicted octanol–water partition coefficient (Wildman–Crippen LogP) is 3.90. The van der Waals surface area contributed by atoms with Crippen LogP contribution in [0, 0.1) is 5.82 Å². The fourth-order valence-corrected chi connectivity index (χ4v) is 4.44. The lowest BCUT2D eigenvalue weighted by molar-refractivity contribution is 0.104. The van der Waals surface area contributed by atoms with Gasteiger partial charge in [0.1, 0.15) is 5.82 Å². The largest absolute Gasteiger partial charge is 0.289 e. The lowest BCUT2D eigenvalue weighted by Gasteiger charge is -2.25. The Kier molecular flexibility index (Phi) is 5.64. The van der Waals surface area contributed by atoms with Crippen LogP contribution in [-0.2, 0) is 10.0 Å². The molecule has 0 bridgehead atoms. The zero-order chi connectivity index (χ0) is 18.6. The number of sulfonamides is 1. The van der Waals surface area contributed by atoms with E-state index in [0.717, 1.165) is 19.3 Å². The molecule has 0 aliphatic carbocycles. The molecule has 6 heteroatoms. The van der Waals surface area contributed by atoms with E-state index >= 15 is 0 Å². The molecule has 2 aromatic rings. The molecule has 1 heterocycles. The van der Waals surface area contributed by atoms with Crippen LogP contribution < -0.4 is 0 Å². The summed E-state index contributed by atoms with van der Waals surface area (Å²) >= 11 is 0. The van der Waals surface area contributed by atoms with Crippen molar-refractivity contribution in [3.05, 3.63) is 71.6 Å². The summed E-state index contributed by atoms with van der Waals surface area (Å²) in [5.41, 5.74) is 0.970. The van der Waals surface area contributed by atoms with Crippen LogP contribution in [0.1, 0.15) is 35.2 Å². The summed E-state index contributed by atoms with van der Waals surface area (Å²) < 4.78 is 39.8. The molecule has 2 aromatic carbocycles. The molecule has 3 rings (SSSR count). The molecule has 0 saturated carbocycles. The van der Waals surface area contributed by atoms with Crippen LogP contribution in [0.5, 0.6) is 0 Å². The zero-order valence-electron chi connectivity index (χ0n) is 14.3. The fraction of sp³-hybridized carbons (Fsp3) is 0.250. The second-order valence-electron chi connectivity index (χ2n) is 6.24. The first kappa shape index (κ1) is 18.5. The van der Waals surface area contributed by atoms with Gasteiger partial charge in [0.25, 0.3) is 0 Å². The van der Waals surface area contributed by atoms with Crippen molar-refractivity contribution in [1.82, 2.24) is 4.31 Å². The Labute approximate surface area is 153 Å². The molecule has 0 aromatic heterocycles. The van der Waals surface area contributed by atoms with E-state index < -0.39 is 10.0 Å². The van der Waals surface area contributed by atoms with Crippen molar-refractivity contribution in [1.29, 1.82) is 0 Å². The number of carbonyl (C=O) groups is 1. The van der Waals surface area contributed by atoms with E-state index in [2.05, 4.69) is 0 Å². The monoisotopic (exact) mass is 373 g/mol. The first-order valence-electron chi connectivity index (χ1n) is 8.55. The van der Waals surface area contributed by atoms with Gasteiger partial charge >= 0.3 is 0 Å². The van der Waals surface area contributed by atoms with E-state index in [4.69, 9.17) is 0 Å². The number of rotatable bonds is 5. The molecule has 136 valence electrons. The topological polar surface area (TPSA) is 54.5 Å². The van der Waals surface area contributed by atoms with Gasteiger partial charge in [-0.25, -0.2) is 12.8 Å². The first-order chi connectivity index (χ1) is 12.5. The normalized spacial score (nSPS) is 16.0.